The van der Waals surface area contributed by atoms with Crippen molar-refractivity contribution in [2.24, 2.45) is 0 Å². The van der Waals surface area contributed by atoms with E-state index in [0.717, 1.165) is 77.2 Å². The van der Waals surface area contributed by atoms with Crippen LogP contribution in [-0.2, 0) is 0 Å². The molecule has 89 heavy (non-hydrogen) atoms. The molecule has 8 rings (SSSR count). The monoisotopic (exact) mass is 1240 g/mol. The molecule has 5 aliphatic heterocycles. The van der Waals surface area contributed by atoms with Gasteiger partial charge in [-0.3, -0.25) is 4.90 Å². The summed E-state index contributed by atoms with van der Waals surface area (Å²) in [5.74, 6) is 5.44. The third-order valence-electron chi connectivity index (χ3n) is 19.2. The van der Waals surface area contributed by atoms with Gasteiger partial charge in [0.15, 0.2) is 0 Å². The second-order valence-electron chi connectivity index (χ2n) is 34.6. The minimum Gasteiger partial charge on any atom is -0.341 e. The van der Waals surface area contributed by atoms with Crippen LogP contribution in [-0.4, -0.2) is 197 Å². The zero-order valence-electron chi connectivity index (χ0n) is 60.6. The second-order valence-corrected chi connectivity index (χ2v) is 34.6. The predicted octanol–water partition coefficient (Wildman–Crippen LogP) is 8.89. The second kappa shape index (κ2) is 25.2. The van der Waals surface area contributed by atoms with E-state index in [1.807, 2.05) is 6.92 Å². The number of aryl methyl sites for hydroxylation is 1. The molecule has 5 fully saturated rings. The van der Waals surface area contributed by atoms with Gasteiger partial charge in [-0.05, 0) is 216 Å². The van der Waals surface area contributed by atoms with E-state index >= 15 is 0 Å². The highest BCUT2D eigenvalue weighted by Crippen LogP contribution is 2.39. The quantitative estimate of drug-likeness (QED) is 0.0495. The third-order valence-corrected chi connectivity index (χ3v) is 19.2. The molecule has 502 valence electrons. The Morgan fingerprint density at radius 1 is 0.337 bits per heavy atom. The lowest BCUT2D eigenvalue weighted by Gasteiger charge is -2.49. The van der Waals surface area contributed by atoms with Crippen LogP contribution in [0.15, 0.2) is 0 Å². The van der Waals surface area contributed by atoms with Gasteiger partial charge in [-0.25, -0.2) is 0 Å². The summed E-state index contributed by atoms with van der Waals surface area (Å²) in [5, 5.41) is 27.0. The normalized spacial score (nSPS) is 23.8. The molecule has 0 aromatic carbocycles. The fraction of sp³-hybridized carbons (Fsp3) is 0.864. The van der Waals surface area contributed by atoms with Crippen LogP contribution in [0.3, 0.4) is 0 Å². The Bertz CT molecular complexity index is 2690. The van der Waals surface area contributed by atoms with Gasteiger partial charge in [0.2, 0.25) is 47.6 Å². The molecule has 0 unspecified atom stereocenters. The first-order chi connectivity index (χ1) is 40.7. The molecule has 0 aliphatic carbocycles. The lowest BCUT2D eigenvalue weighted by atomic mass is 9.79. The van der Waals surface area contributed by atoms with Crippen LogP contribution in [0, 0.1) is 6.92 Å². The minimum absolute atomic E-state index is 0.0389. The van der Waals surface area contributed by atoms with Gasteiger partial charge in [-0.1, -0.05) is 6.92 Å². The summed E-state index contributed by atoms with van der Waals surface area (Å²) in [7, 11) is 10.8. The standard InChI is InChI=1S/C66H123N23/c1-28-29-88(40-67-49-69-43(2)70-51(71-49)83(23)44-30-57(3,4)78-58(5,6)31-44)42-89(56-76-54(86(26)47-36-63(15,16)81-64(17,18)37-47)75-55(77-56)87(27)48-38-65(19,20)82-66(21,22)39-48)41-68-50-72-52(84(24)45-32-59(7,8)79-60(9,10)33-45)74-53(73-50)85(25)46-34-61(11,12)80-62(13,14)35-46/h44-48,78-82H,28-42H2,1-27H3,(H,67,69,70,71)(H,68,72,73,74). The van der Waals surface area contributed by atoms with E-state index in [2.05, 4.69) is 252 Å². The fourth-order valence-electron chi connectivity index (χ4n) is 17.1. The maximum Gasteiger partial charge on any atom is 0.234 e. The Morgan fingerprint density at radius 3 is 0.854 bits per heavy atom. The lowest BCUT2D eigenvalue weighted by molar-refractivity contribution is 0.159. The topological polar surface area (TPSA) is 223 Å². The van der Waals surface area contributed by atoms with Crippen molar-refractivity contribution in [1.29, 1.82) is 0 Å². The maximum atomic E-state index is 5.57. The summed E-state index contributed by atoms with van der Waals surface area (Å²) >= 11 is 0. The van der Waals surface area contributed by atoms with Gasteiger partial charge >= 0.3 is 0 Å². The first kappa shape index (κ1) is 70.1. The number of hydrogen-bond acceptors (Lipinski definition) is 23. The Balaban J connectivity index is 1.22. The Labute approximate surface area is 537 Å². The lowest BCUT2D eigenvalue weighted by Crippen LogP contribution is -2.62. The highest BCUT2D eigenvalue weighted by atomic mass is 15.5. The number of aromatic nitrogens is 9. The highest BCUT2D eigenvalue weighted by molar-refractivity contribution is 5.51. The van der Waals surface area contributed by atoms with Crippen LogP contribution in [0.25, 0.3) is 0 Å². The van der Waals surface area contributed by atoms with E-state index in [4.69, 9.17) is 44.9 Å². The molecule has 0 bridgehead atoms. The average Bonchev–Trinajstić information content (AvgIpc) is 2.69. The molecule has 5 saturated heterocycles. The van der Waals surface area contributed by atoms with E-state index < -0.39 is 0 Å². The van der Waals surface area contributed by atoms with Crippen LogP contribution < -0.4 is 66.6 Å². The van der Waals surface area contributed by atoms with Gasteiger partial charge in [0.1, 0.15) is 5.82 Å². The summed E-state index contributed by atoms with van der Waals surface area (Å²) in [6.45, 7) is 52.0. The van der Waals surface area contributed by atoms with Crippen LogP contribution in [0.1, 0.15) is 222 Å². The van der Waals surface area contributed by atoms with Crippen molar-refractivity contribution in [1.82, 2.24) is 76.3 Å². The Morgan fingerprint density at radius 2 is 0.573 bits per heavy atom. The van der Waals surface area contributed by atoms with E-state index in [0.29, 0.717) is 66.7 Å². The molecule has 23 nitrogen and oxygen atoms in total. The molecule has 0 radical (unpaired) electrons. The zero-order valence-corrected chi connectivity index (χ0v) is 60.6. The van der Waals surface area contributed by atoms with Gasteiger partial charge in [-0.15, -0.1) is 0 Å². The predicted molar refractivity (Wildman–Crippen MR) is 369 cm³/mol. The number of nitrogens with one attached hydrogen (secondary N) is 7. The molecule has 0 saturated carbocycles. The highest BCUT2D eigenvalue weighted by Gasteiger charge is 2.46. The van der Waals surface area contributed by atoms with Crippen LogP contribution in [0.4, 0.5) is 47.6 Å². The van der Waals surface area contributed by atoms with Crippen molar-refractivity contribution in [3.63, 3.8) is 0 Å². The largest absolute Gasteiger partial charge is 0.341 e. The van der Waals surface area contributed by atoms with Crippen LogP contribution in [0.5, 0.6) is 0 Å². The molecule has 0 amide bonds. The minimum atomic E-state index is -0.106. The van der Waals surface area contributed by atoms with Crippen molar-refractivity contribution in [3.05, 3.63) is 5.82 Å². The Hall–Kier alpha value is -4.81. The molecule has 8 heterocycles. The van der Waals surface area contributed by atoms with Crippen molar-refractivity contribution in [3.8, 4) is 0 Å². The number of rotatable bonds is 21. The molecule has 3 aromatic heterocycles. The summed E-state index contributed by atoms with van der Waals surface area (Å²) in [5.41, 5.74) is -0.857. The average molecular weight is 1240 g/mol. The third kappa shape index (κ3) is 18.5. The van der Waals surface area contributed by atoms with Crippen molar-refractivity contribution in [2.45, 2.75) is 309 Å². The van der Waals surface area contributed by atoms with Gasteiger partial charge < -0.3 is 66.6 Å². The smallest absolute Gasteiger partial charge is 0.234 e. The van der Waals surface area contributed by atoms with Crippen LogP contribution >= 0.6 is 0 Å². The number of piperidine rings is 5. The Kier molecular flexibility index (Phi) is 19.9. The molecule has 5 aliphatic rings. The molecular weight excluding hydrogens is 1110 g/mol. The van der Waals surface area contributed by atoms with E-state index in [9.17, 15) is 0 Å². The molecule has 7 N–H and O–H groups in total. The summed E-state index contributed by atoms with van der Waals surface area (Å²) in [6.07, 6.45) is 10.2. The molecular formula is C66H123N23. The molecule has 0 spiro atoms. The fourth-order valence-corrected chi connectivity index (χ4v) is 17.1. The van der Waals surface area contributed by atoms with Gasteiger partial charge in [0.05, 0.1) is 20.0 Å². The van der Waals surface area contributed by atoms with E-state index in [1.54, 1.807) is 0 Å². The van der Waals surface area contributed by atoms with Crippen LogP contribution in [0.2, 0.25) is 0 Å². The summed E-state index contributed by atoms with van der Waals surface area (Å²) in [4.78, 5) is 63.7. The van der Waals surface area contributed by atoms with Gasteiger partial charge in [-0.2, -0.15) is 44.9 Å². The first-order valence-corrected chi connectivity index (χ1v) is 33.5. The SMILES string of the molecule is CCCN(CNc1nc(C)nc(N(C)C2CC(C)(C)NC(C)(C)C2)n1)CN(CNc1nc(N(C)C2CC(C)(C)NC(C)(C)C2)nc(N(C)C2CC(C)(C)NC(C)(C)C2)n1)c1nc(N(C)C2CC(C)(C)NC(C)(C)C2)nc(N(C)C2CC(C)(C)NC(C)(C)C2)n1. The van der Waals surface area contributed by atoms with E-state index in [-0.39, 0.29) is 92.3 Å². The molecule has 3 aromatic rings. The summed E-state index contributed by atoms with van der Waals surface area (Å²) < 4.78 is 0. The number of anilines is 8. The molecule has 23 heteroatoms. The summed E-state index contributed by atoms with van der Waals surface area (Å²) in [6, 6.07) is 0.904. The van der Waals surface area contributed by atoms with Crippen molar-refractivity contribution >= 4 is 47.6 Å². The van der Waals surface area contributed by atoms with Gasteiger partial charge in [0.25, 0.3) is 0 Å². The zero-order chi connectivity index (χ0) is 66.0. The number of nitrogens with zero attached hydrogens (tertiary/aromatic N) is 16. The molecule has 0 atom stereocenters. The number of hydrogen-bond donors (Lipinski definition) is 7. The maximum absolute atomic E-state index is 5.57. The van der Waals surface area contributed by atoms with Crippen molar-refractivity contribution < 1.29 is 0 Å². The van der Waals surface area contributed by atoms with Crippen molar-refractivity contribution in [2.75, 3.05) is 102 Å². The first-order valence-electron chi connectivity index (χ1n) is 33.5. The van der Waals surface area contributed by atoms with Gasteiger partial charge in [0, 0.05) is 127 Å². The van der Waals surface area contributed by atoms with E-state index in [1.165, 1.54) is 0 Å².